The van der Waals surface area contributed by atoms with E-state index in [9.17, 15) is 0 Å². The van der Waals surface area contributed by atoms with E-state index in [-0.39, 0.29) is 11.5 Å². The summed E-state index contributed by atoms with van der Waals surface area (Å²) in [6.45, 7) is 16.6. The van der Waals surface area contributed by atoms with Crippen LogP contribution in [0.3, 0.4) is 0 Å². The Morgan fingerprint density at radius 2 is 1.34 bits per heavy atom. The van der Waals surface area contributed by atoms with Crippen LogP contribution in [0, 0.1) is 35.5 Å². The van der Waals surface area contributed by atoms with Crippen molar-refractivity contribution in [2.75, 3.05) is 0 Å². The van der Waals surface area contributed by atoms with Crippen molar-refractivity contribution < 1.29 is 4.74 Å². The van der Waals surface area contributed by atoms with Gasteiger partial charge in [-0.15, -0.1) is 6.42 Å². The van der Waals surface area contributed by atoms with Gasteiger partial charge in [0.1, 0.15) is 11.9 Å². The first-order valence-electron chi connectivity index (χ1n) is 12.9. The first-order chi connectivity index (χ1) is 15.3. The maximum atomic E-state index is 6.92. The molecule has 0 fully saturated rings. The first-order valence-corrected chi connectivity index (χ1v) is 12.9. The lowest BCUT2D eigenvalue weighted by Gasteiger charge is -2.50. The monoisotopic (exact) mass is 434 g/mol. The van der Waals surface area contributed by atoms with E-state index in [2.05, 4.69) is 84.7 Å². The normalized spacial score (nSPS) is 13.2. The van der Waals surface area contributed by atoms with Crippen LogP contribution in [0.2, 0.25) is 0 Å². The summed E-state index contributed by atoms with van der Waals surface area (Å²) in [7, 11) is 0. The maximum absolute atomic E-state index is 6.92. The van der Waals surface area contributed by atoms with Gasteiger partial charge in [-0.05, 0) is 65.6 Å². The number of fused-ring (bicyclic) bond motifs is 1. The van der Waals surface area contributed by atoms with E-state index in [1.54, 1.807) is 0 Å². The van der Waals surface area contributed by atoms with Crippen molar-refractivity contribution in [1.29, 1.82) is 0 Å². The van der Waals surface area contributed by atoms with Crippen LogP contribution in [0.15, 0.2) is 36.4 Å². The molecule has 0 aromatic heterocycles. The lowest BCUT2D eigenvalue weighted by molar-refractivity contribution is -0.0713. The van der Waals surface area contributed by atoms with Crippen LogP contribution in [0.5, 0.6) is 5.75 Å². The smallest absolute Gasteiger partial charge is 0.120 e. The zero-order chi connectivity index (χ0) is 23.7. The van der Waals surface area contributed by atoms with E-state index in [1.165, 1.54) is 49.3 Å². The molecule has 2 rings (SSSR count). The fourth-order valence-corrected chi connectivity index (χ4v) is 6.19. The van der Waals surface area contributed by atoms with Crippen LogP contribution in [-0.2, 0) is 0 Å². The van der Waals surface area contributed by atoms with Crippen molar-refractivity contribution in [3.8, 4) is 18.1 Å². The van der Waals surface area contributed by atoms with Crippen LogP contribution in [0.25, 0.3) is 10.8 Å². The molecular formula is C31H46O. The highest BCUT2D eigenvalue weighted by Gasteiger charge is 2.47. The van der Waals surface area contributed by atoms with Crippen molar-refractivity contribution >= 4 is 10.8 Å². The van der Waals surface area contributed by atoms with Gasteiger partial charge in [0.05, 0.1) is 0 Å². The molecule has 176 valence electrons. The number of ether oxygens (including phenoxy) is 1. The third-order valence-electron chi connectivity index (χ3n) is 7.63. The Morgan fingerprint density at radius 3 is 1.94 bits per heavy atom. The molecule has 1 heteroatoms. The molecule has 0 N–H and O–H groups in total. The highest BCUT2D eigenvalue weighted by Crippen LogP contribution is 2.49. The molecular weight excluding hydrogens is 388 g/mol. The van der Waals surface area contributed by atoms with Crippen molar-refractivity contribution in [2.24, 2.45) is 23.2 Å². The van der Waals surface area contributed by atoms with Crippen molar-refractivity contribution in [2.45, 2.75) is 99.5 Å². The number of hydrogen-bond acceptors (Lipinski definition) is 1. The fraction of sp³-hybridized carbons (Fsp3) is 0.613. The molecule has 0 radical (unpaired) electrons. The number of hydrogen-bond donors (Lipinski definition) is 0. The van der Waals surface area contributed by atoms with Gasteiger partial charge in [-0.2, -0.15) is 0 Å². The summed E-state index contributed by atoms with van der Waals surface area (Å²) in [6.07, 6.45) is 14.8. The number of rotatable bonds is 13. The predicted octanol–water partition coefficient (Wildman–Crippen LogP) is 9.27. The summed E-state index contributed by atoms with van der Waals surface area (Å²) < 4.78 is 6.92. The van der Waals surface area contributed by atoms with Gasteiger partial charge in [0.15, 0.2) is 0 Å². The number of unbranched alkanes of at least 4 members (excludes halogenated alkanes) is 5. The van der Waals surface area contributed by atoms with Crippen molar-refractivity contribution in [3.63, 3.8) is 0 Å². The van der Waals surface area contributed by atoms with E-state index < -0.39 is 0 Å². The van der Waals surface area contributed by atoms with Gasteiger partial charge in [0.2, 0.25) is 0 Å². The van der Waals surface area contributed by atoms with Crippen molar-refractivity contribution in [3.05, 3.63) is 42.0 Å². The van der Waals surface area contributed by atoms with Crippen LogP contribution in [0.1, 0.15) is 99.0 Å². The maximum Gasteiger partial charge on any atom is 0.120 e. The Kier molecular flexibility index (Phi) is 10.1. The zero-order valence-electron chi connectivity index (χ0n) is 21.7. The Hall–Kier alpha value is -1.94. The quantitative estimate of drug-likeness (QED) is 0.225. The van der Waals surface area contributed by atoms with Gasteiger partial charge in [-0.1, -0.05) is 98.6 Å². The minimum atomic E-state index is 0.131. The van der Waals surface area contributed by atoms with Crippen LogP contribution < -0.4 is 4.74 Å². The molecule has 0 spiro atoms. The molecule has 0 aliphatic carbocycles. The largest absolute Gasteiger partial charge is 0.490 e. The molecule has 0 aliphatic heterocycles. The minimum absolute atomic E-state index is 0.131. The second-order valence-electron chi connectivity index (χ2n) is 10.5. The van der Waals surface area contributed by atoms with Crippen LogP contribution in [0.4, 0.5) is 0 Å². The SMILES string of the molecule is C#Cc1ccc2cc(OC(CCCCCCCC)C(C(C)C)(C(C)C)C(C)C)ccc2c1. The molecule has 0 bridgehead atoms. The Labute approximate surface area is 198 Å². The van der Waals surface area contributed by atoms with Gasteiger partial charge in [-0.25, -0.2) is 0 Å². The summed E-state index contributed by atoms with van der Waals surface area (Å²) >= 11 is 0. The van der Waals surface area contributed by atoms with E-state index in [0.29, 0.717) is 17.8 Å². The van der Waals surface area contributed by atoms with Gasteiger partial charge in [0.25, 0.3) is 0 Å². The fourth-order valence-electron chi connectivity index (χ4n) is 6.19. The van der Waals surface area contributed by atoms with Crippen LogP contribution >= 0.6 is 0 Å². The second-order valence-corrected chi connectivity index (χ2v) is 10.5. The van der Waals surface area contributed by atoms with Crippen molar-refractivity contribution in [1.82, 2.24) is 0 Å². The number of benzene rings is 2. The Morgan fingerprint density at radius 1 is 0.781 bits per heavy atom. The molecule has 0 amide bonds. The highest BCUT2D eigenvalue weighted by molar-refractivity contribution is 5.85. The summed E-state index contributed by atoms with van der Waals surface area (Å²) in [6, 6.07) is 12.7. The summed E-state index contributed by atoms with van der Waals surface area (Å²) in [4.78, 5) is 0. The molecule has 1 unspecified atom stereocenters. The third kappa shape index (κ3) is 6.10. The van der Waals surface area contributed by atoms with E-state index in [0.717, 1.165) is 17.7 Å². The number of terminal acetylenes is 1. The molecule has 1 nitrogen and oxygen atoms in total. The standard InChI is InChI=1S/C31H46O/c1-9-11-12-13-14-15-16-30(31(23(3)4,24(5)6)25(7)8)32-29-20-19-27-21-26(10-2)17-18-28(27)22-29/h2,17-25,30H,9,11-16H2,1,3-8H3. The Bertz CT molecular complexity index is 846. The predicted molar refractivity (Wildman–Crippen MR) is 141 cm³/mol. The lowest BCUT2D eigenvalue weighted by Crippen LogP contribution is -2.51. The summed E-state index contributed by atoms with van der Waals surface area (Å²) in [5, 5.41) is 2.35. The minimum Gasteiger partial charge on any atom is -0.490 e. The molecule has 0 saturated heterocycles. The molecule has 1 atom stereocenters. The van der Waals surface area contributed by atoms with Gasteiger partial charge in [-0.3, -0.25) is 0 Å². The second kappa shape index (κ2) is 12.3. The average Bonchev–Trinajstić information content (AvgIpc) is 2.75. The molecule has 0 saturated carbocycles. The van der Waals surface area contributed by atoms with Gasteiger partial charge in [0, 0.05) is 11.0 Å². The summed E-state index contributed by atoms with van der Waals surface area (Å²) in [5.41, 5.74) is 1.05. The first kappa shape index (κ1) is 26.3. The molecule has 2 aromatic rings. The third-order valence-corrected chi connectivity index (χ3v) is 7.63. The van der Waals surface area contributed by atoms with E-state index in [4.69, 9.17) is 11.2 Å². The molecule has 32 heavy (non-hydrogen) atoms. The average molecular weight is 435 g/mol. The van der Waals surface area contributed by atoms with Crippen LogP contribution in [-0.4, -0.2) is 6.10 Å². The highest BCUT2D eigenvalue weighted by atomic mass is 16.5. The summed E-state index contributed by atoms with van der Waals surface area (Å²) in [5.74, 6) is 5.36. The lowest BCUT2D eigenvalue weighted by atomic mass is 9.58. The van der Waals surface area contributed by atoms with Gasteiger partial charge >= 0.3 is 0 Å². The molecule has 2 aromatic carbocycles. The topological polar surface area (TPSA) is 9.23 Å². The zero-order valence-corrected chi connectivity index (χ0v) is 21.7. The molecule has 0 heterocycles. The van der Waals surface area contributed by atoms with E-state index >= 15 is 0 Å². The van der Waals surface area contributed by atoms with Gasteiger partial charge < -0.3 is 4.74 Å². The van der Waals surface area contributed by atoms with E-state index in [1.807, 2.05) is 6.07 Å². The molecule has 0 aliphatic rings. The Balaban J connectivity index is 2.32.